The smallest absolute Gasteiger partial charge is 0.254 e. The minimum absolute atomic E-state index is 0.142. The number of nitrogens with zero attached hydrogens (tertiary/aromatic N) is 3. The lowest BCUT2D eigenvalue weighted by atomic mass is 10.2. The zero-order chi connectivity index (χ0) is 18.1. The molecular formula is C19H18BrFN4O. The summed E-state index contributed by atoms with van der Waals surface area (Å²) in [6.07, 6.45) is 0.833. The minimum atomic E-state index is -0.415. The molecule has 0 unspecified atom stereocenters. The van der Waals surface area contributed by atoms with E-state index in [0.717, 1.165) is 29.9 Å². The van der Waals surface area contributed by atoms with Crippen molar-refractivity contribution in [1.82, 2.24) is 14.9 Å². The molecule has 0 radical (unpaired) electrons. The van der Waals surface area contributed by atoms with Gasteiger partial charge in [0, 0.05) is 36.2 Å². The molecule has 5 nitrogen and oxygen atoms in total. The van der Waals surface area contributed by atoms with E-state index in [9.17, 15) is 9.18 Å². The van der Waals surface area contributed by atoms with Crippen LogP contribution in [0.25, 0.3) is 11.0 Å². The number of amides is 1. The number of hydrogen-bond acceptors (Lipinski definition) is 3. The van der Waals surface area contributed by atoms with Crippen LogP contribution >= 0.6 is 15.9 Å². The van der Waals surface area contributed by atoms with Crippen LogP contribution in [0.4, 0.5) is 10.3 Å². The average molecular weight is 417 g/mol. The number of fused-ring (bicyclic) bond motifs is 1. The van der Waals surface area contributed by atoms with Gasteiger partial charge in [-0.25, -0.2) is 9.37 Å². The molecule has 0 atom stereocenters. The Kier molecular flexibility index (Phi) is 4.63. The maximum Gasteiger partial charge on any atom is 0.254 e. The summed E-state index contributed by atoms with van der Waals surface area (Å²) in [7, 11) is 0. The third-order valence-corrected chi connectivity index (χ3v) is 5.03. The van der Waals surface area contributed by atoms with Crippen molar-refractivity contribution in [2.45, 2.75) is 6.42 Å². The van der Waals surface area contributed by atoms with Crippen LogP contribution in [-0.4, -0.2) is 47.0 Å². The van der Waals surface area contributed by atoms with Crippen LogP contribution in [0.5, 0.6) is 0 Å². The summed E-state index contributed by atoms with van der Waals surface area (Å²) in [5.41, 5.74) is 2.31. The van der Waals surface area contributed by atoms with E-state index in [4.69, 9.17) is 0 Å². The van der Waals surface area contributed by atoms with Gasteiger partial charge in [-0.1, -0.05) is 28.1 Å². The number of aromatic amines is 1. The van der Waals surface area contributed by atoms with Crippen LogP contribution in [-0.2, 0) is 0 Å². The fraction of sp³-hybridized carbons (Fsp3) is 0.263. The maximum absolute atomic E-state index is 13.6. The molecule has 2 heterocycles. The molecule has 3 aromatic rings. The second-order valence-electron chi connectivity index (χ2n) is 6.37. The van der Waals surface area contributed by atoms with Crippen molar-refractivity contribution in [3.05, 3.63) is 58.3 Å². The number of aromatic nitrogens is 2. The summed E-state index contributed by atoms with van der Waals surface area (Å²) >= 11 is 3.25. The van der Waals surface area contributed by atoms with Crippen LogP contribution in [0, 0.1) is 5.82 Å². The highest BCUT2D eigenvalue weighted by Gasteiger charge is 2.22. The van der Waals surface area contributed by atoms with Gasteiger partial charge in [0.15, 0.2) is 0 Å². The molecule has 0 saturated carbocycles. The molecule has 1 N–H and O–H groups in total. The topological polar surface area (TPSA) is 52.2 Å². The SMILES string of the molecule is O=C(c1cc(F)cc(Br)c1)N1CCCN(c2nc3ccccc3[nH]2)CC1. The predicted octanol–water partition coefficient (Wildman–Crippen LogP) is 3.82. The number of imidazole rings is 1. The molecular weight excluding hydrogens is 399 g/mol. The van der Waals surface area contributed by atoms with E-state index >= 15 is 0 Å². The standard InChI is InChI=1S/C19H18BrFN4O/c20-14-10-13(11-15(21)12-14)18(26)24-6-3-7-25(9-8-24)19-22-16-4-1-2-5-17(16)23-19/h1-2,4-5,10-12H,3,6-9H2,(H,22,23). The Bertz CT molecular complexity index is 904. The normalized spacial score (nSPS) is 15.3. The van der Waals surface area contributed by atoms with Gasteiger partial charge < -0.3 is 14.8 Å². The average Bonchev–Trinajstić information content (AvgIpc) is 2.90. The molecule has 26 heavy (non-hydrogen) atoms. The van der Waals surface area contributed by atoms with Gasteiger partial charge in [0.2, 0.25) is 5.95 Å². The molecule has 7 heteroatoms. The van der Waals surface area contributed by atoms with Crippen molar-refractivity contribution in [3.8, 4) is 0 Å². The van der Waals surface area contributed by atoms with Crippen molar-refractivity contribution < 1.29 is 9.18 Å². The zero-order valence-corrected chi connectivity index (χ0v) is 15.7. The molecule has 0 spiro atoms. The van der Waals surface area contributed by atoms with E-state index in [1.807, 2.05) is 24.3 Å². The highest BCUT2D eigenvalue weighted by Crippen LogP contribution is 2.20. The first-order chi connectivity index (χ1) is 12.6. The second-order valence-corrected chi connectivity index (χ2v) is 7.28. The van der Waals surface area contributed by atoms with Crippen molar-refractivity contribution >= 4 is 38.8 Å². The van der Waals surface area contributed by atoms with Gasteiger partial charge in [0.25, 0.3) is 5.91 Å². The summed E-state index contributed by atoms with van der Waals surface area (Å²) < 4.78 is 14.2. The molecule has 1 aliphatic rings. The highest BCUT2D eigenvalue weighted by atomic mass is 79.9. The van der Waals surface area contributed by atoms with E-state index in [-0.39, 0.29) is 5.91 Å². The Balaban J connectivity index is 1.50. The summed E-state index contributed by atoms with van der Waals surface area (Å²) in [4.78, 5) is 24.7. The molecule has 1 fully saturated rings. The largest absolute Gasteiger partial charge is 0.341 e. The van der Waals surface area contributed by atoms with Crippen LogP contribution in [0.2, 0.25) is 0 Å². The lowest BCUT2D eigenvalue weighted by molar-refractivity contribution is 0.0766. The Morgan fingerprint density at radius 1 is 1.12 bits per heavy atom. The monoisotopic (exact) mass is 416 g/mol. The summed E-state index contributed by atoms with van der Waals surface area (Å²) in [5, 5.41) is 0. The fourth-order valence-electron chi connectivity index (χ4n) is 3.28. The molecule has 134 valence electrons. The Hall–Kier alpha value is -2.41. The number of carbonyl (C=O) groups excluding carboxylic acids is 1. The maximum atomic E-state index is 13.6. The van der Waals surface area contributed by atoms with Crippen molar-refractivity contribution in [1.29, 1.82) is 0 Å². The molecule has 1 aliphatic heterocycles. The molecule has 0 bridgehead atoms. The van der Waals surface area contributed by atoms with Gasteiger partial charge in [-0.15, -0.1) is 0 Å². The molecule has 1 amide bonds. The van der Waals surface area contributed by atoms with E-state index in [0.29, 0.717) is 29.7 Å². The lowest BCUT2D eigenvalue weighted by Crippen LogP contribution is -2.35. The van der Waals surface area contributed by atoms with Crippen molar-refractivity contribution in [2.24, 2.45) is 0 Å². The number of nitrogens with one attached hydrogen (secondary N) is 1. The van der Waals surface area contributed by atoms with Gasteiger partial charge >= 0.3 is 0 Å². The fourth-order valence-corrected chi connectivity index (χ4v) is 3.75. The first kappa shape index (κ1) is 17.0. The Morgan fingerprint density at radius 2 is 1.96 bits per heavy atom. The van der Waals surface area contributed by atoms with Gasteiger partial charge in [-0.05, 0) is 36.8 Å². The molecule has 2 aromatic carbocycles. The quantitative estimate of drug-likeness (QED) is 0.690. The second kappa shape index (κ2) is 7.07. The first-order valence-corrected chi connectivity index (χ1v) is 9.34. The number of halogens is 2. The number of benzene rings is 2. The van der Waals surface area contributed by atoms with Crippen LogP contribution < -0.4 is 4.90 Å². The minimum Gasteiger partial charge on any atom is -0.341 e. The molecule has 1 saturated heterocycles. The predicted molar refractivity (Wildman–Crippen MR) is 103 cm³/mol. The third kappa shape index (κ3) is 3.44. The van der Waals surface area contributed by atoms with Gasteiger partial charge in [-0.3, -0.25) is 4.79 Å². The van der Waals surface area contributed by atoms with E-state index in [1.165, 1.54) is 12.1 Å². The van der Waals surface area contributed by atoms with Gasteiger partial charge in [-0.2, -0.15) is 0 Å². The highest BCUT2D eigenvalue weighted by molar-refractivity contribution is 9.10. The number of rotatable bonds is 2. The third-order valence-electron chi connectivity index (χ3n) is 4.57. The number of H-pyrrole nitrogens is 1. The summed E-state index contributed by atoms with van der Waals surface area (Å²) in [6, 6.07) is 12.2. The Morgan fingerprint density at radius 3 is 2.77 bits per heavy atom. The van der Waals surface area contributed by atoms with Crippen molar-refractivity contribution in [3.63, 3.8) is 0 Å². The molecule has 1 aromatic heterocycles. The Labute approximate surface area is 158 Å². The number of para-hydroxylation sites is 2. The number of carbonyl (C=O) groups is 1. The van der Waals surface area contributed by atoms with Crippen molar-refractivity contribution in [2.75, 3.05) is 31.1 Å². The molecule has 4 rings (SSSR count). The zero-order valence-electron chi connectivity index (χ0n) is 14.1. The number of anilines is 1. The summed E-state index contributed by atoms with van der Waals surface area (Å²) in [6.45, 7) is 2.71. The van der Waals surface area contributed by atoms with E-state index in [1.54, 1.807) is 11.0 Å². The van der Waals surface area contributed by atoms with Crippen LogP contribution in [0.15, 0.2) is 46.9 Å². The van der Waals surface area contributed by atoms with E-state index in [2.05, 4.69) is 30.8 Å². The molecule has 0 aliphatic carbocycles. The summed E-state index contributed by atoms with van der Waals surface area (Å²) in [5.74, 6) is 0.270. The van der Waals surface area contributed by atoms with Crippen LogP contribution in [0.1, 0.15) is 16.8 Å². The van der Waals surface area contributed by atoms with E-state index < -0.39 is 5.82 Å². The number of hydrogen-bond donors (Lipinski definition) is 1. The van der Waals surface area contributed by atoms with Crippen LogP contribution in [0.3, 0.4) is 0 Å². The van der Waals surface area contributed by atoms with Gasteiger partial charge in [0.1, 0.15) is 5.82 Å². The van der Waals surface area contributed by atoms with Gasteiger partial charge in [0.05, 0.1) is 11.0 Å². The lowest BCUT2D eigenvalue weighted by Gasteiger charge is -2.22. The first-order valence-electron chi connectivity index (χ1n) is 8.55.